The van der Waals surface area contributed by atoms with Crippen molar-refractivity contribution in [3.63, 3.8) is 0 Å². The Labute approximate surface area is 143 Å². The molecule has 0 aromatic carbocycles. The fourth-order valence-electron chi connectivity index (χ4n) is 3.11. The maximum Gasteiger partial charge on any atom is 0.317 e. The van der Waals surface area contributed by atoms with Gasteiger partial charge in [0.25, 0.3) is 0 Å². The van der Waals surface area contributed by atoms with E-state index < -0.39 is 5.97 Å². The van der Waals surface area contributed by atoms with Crippen molar-refractivity contribution in [2.75, 3.05) is 46.5 Å². The summed E-state index contributed by atoms with van der Waals surface area (Å²) in [4.78, 5) is 26.6. The van der Waals surface area contributed by atoms with Crippen LogP contribution in [0.4, 0.5) is 4.79 Å². The minimum absolute atomic E-state index is 0.0449. The van der Waals surface area contributed by atoms with Gasteiger partial charge in [-0.3, -0.25) is 9.69 Å². The fraction of sp³-hybridized carbons (Fsp3) is 0.875. The van der Waals surface area contributed by atoms with Gasteiger partial charge in [-0.15, -0.1) is 0 Å². The van der Waals surface area contributed by atoms with Gasteiger partial charge in [0.15, 0.2) is 0 Å². The van der Waals surface area contributed by atoms with Crippen molar-refractivity contribution < 1.29 is 24.2 Å². The third kappa shape index (κ3) is 5.32. The zero-order valence-electron chi connectivity index (χ0n) is 14.6. The lowest BCUT2D eigenvalue weighted by molar-refractivity contribution is -0.139. The Bertz CT molecular complexity index is 422. The zero-order chi connectivity index (χ0) is 17.5. The van der Waals surface area contributed by atoms with Crippen molar-refractivity contribution in [2.24, 2.45) is 0 Å². The second kappa shape index (κ2) is 9.19. The Morgan fingerprint density at radius 2 is 2.00 bits per heavy atom. The molecule has 1 aliphatic heterocycles. The van der Waals surface area contributed by atoms with Gasteiger partial charge in [0, 0.05) is 32.4 Å². The second-order valence-corrected chi connectivity index (χ2v) is 6.47. The molecule has 1 heterocycles. The van der Waals surface area contributed by atoms with Crippen molar-refractivity contribution in [3.8, 4) is 0 Å². The maximum absolute atomic E-state index is 12.1. The number of carboxylic acid groups (broad SMARTS) is 1. The third-order valence-electron chi connectivity index (χ3n) is 4.68. The molecule has 0 bridgehead atoms. The van der Waals surface area contributed by atoms with Gasteiger partial charge in [-0.05, 0) is 25.8 Å². The first-order valence-corrected chi connectivity index (χ1v) is 8.65. The predicted octanol–water partition coefficient (Wildman–Crippen LogP) is 0.371. The average molecular weight is 343 g/mol. The largest absolute Gasteiger partial charge is 0.480 e. The Hall–Kier alpha value is -1.38. The third-order valence-corrected chi connectivity index (χ3v) is 4.68. The number of rotatable bonds is 10. The van der Waals surface area contributed by atoms with E-state index in [1.54, 1.807) is 12.0 Å². The molecule has 138 valence electrons. The van der Waals surface area contributed by atoms with E-state index in [9.17, 15) is 9.59 Å². The molecule has 1 saturated heterocycles. The minimum atomic E-state index is -0.804. The van der Waals surface area contributed by atoms with E-state index in [1.165, 1.54) is 0 Å². The van der Waals surface area contributed by atoms with Crippen LogP contribution in [-0.4, -0.2) is 91.6 Å². The van der Waals surface area contributed by atoms with Gasteiger partial charge in [0.2, 0.25) is 0 Å². The summed E-state index contributed by atoms with van der Waals surface area (Å²) in [5.74, 6) is -0.804. The van der Waals surface area contributed by atoms with Gasteiger partial charge in [-0.25, -0.2) is 4.79 Å². The number of likely N-dealkylation sites (tertiary alicyclic amines) is 1. The molecule has 0 aromatic rings. The Morgan fingerprint density at radius 3 is 2.58 bits per heavy atom. The van der Waals surface area contributed by atoms with Gasteiger partial charge in [-0.2, -0.15) is 0 Å². The highest BCUT2D eigenvalue weighted by Crippen LogP contribution is 2.26. The molecular formula is C16H29N3O5. The predicted molar refractivity (Wildman–Crippen MR) is 88.0 cm³/mol. The smallest absolute Gasteiger partial charge is 0.317 e. The molecule has 0 spiro atoms. The molecule has 2 N–H and O–H groups in total. The van der Waals surface area contributed by atoms with Crippen LogP contribution >= 0.6 is 0 Å². The van der Waals surface area contributed by atoms with E-state index in [2.05, 4.69) is 5.32 Å². The number of amides is 2. The van der Waals surface area contributed by atoms with E-state index in [1.807, 2.05) is 11.8 Å². The topological polar surface area (TPSA) is 91.3 Å². The number of hydrogen-bond acceptors (Lipinski definition) is 5. The van der Waals surface area contributed by atoms with Crippen molar-refractivity contribution in [1.82, 2.24) is 15.1 Å². The number of nitrogens with one attached hydrogen (secondary N) is 1. The number of hydrogen-bond donors (Lipinski definition) is 2. The Morgan fingerprint density at radius 1 is 1.29 bits per heavy atom. The highest BCUT2D eigenvalue weighted by Gasteiger charge is 2.37. The van der Waals surface area contributed by atoms with E-state index in [4.69, 9.17) is 14.6 Å². The summed E-state index contributed by atoms with van der Waals surface area (Å²) in [5.41, 5.74) is 0. The number of nitrogens with zero attached hydrogens (tertiary/aromatic N) is 2. The van der Waals surface area contributed by atoms with E-state index >= 15 is 0 Å². The van der Waals surface area contributed by atoms with Crippen LogP contribution in [0.3, 0.4) is 0 Å². The Kier molecular flexibility index (Phi) is 7.26. The number of urea groups is 1. The molecule has 8 nitrogen and oxygen atoms in total. The van der Waals surface area contributed by atoms with Gasteiger partial charge < -0.3 is 24.8 Å². The van der Waals surface area contributed by atoms with Crippen LogP contribution in [0.2, 0.25) is 0 Å². The molecule has 0 aromatic heterocycles. The molecular weight excluding hydrogens is 314 g/mol. The number of likely N-dealkylation sites (N-methyl/N-ethyl adjacent to an activating group) is 1. The first kappa shape index (κ1) is 19.0. The van der Waals surface area contributed by atoms with Crippen molar-refractivity contribution in [3.05, 3.63) is 0 Å². The highest BCUT2D eigenvalue weighted by atomic mass is 16.5. The molecule has 0 unspecified atom stereocenters. The Balaban J connectivity index is 1.56. The van der Waals surface area contributed by atoms with Crippen molar-refractivity contribution in [1.29, 1.82) is 0 Å². The molecule has 0 atom stereocenters. The van der Waals surface area contributed by atoms with Crippen molar-refractivity contribution in [2.45, 2.75) is 44.4 Å². The standard InChI is InChI=1S/C16H29N3O5/c1-3-18(11-15(20)21)13-7-12(8-13)17-16(22)19-9-14(10-19)24-6-4-5-23-2/h12-14H,3-11H2,1-2H3,(H,17,22)(H,20,21). The lowest BCUT2D eigenvalue weighted by atomic mass is 9.85. The molecule has 2 amide bonds. The summed E-state index contributed by atoms with van der Waals surface area (Å²) in [6.07, 6.45) is 2.63. The number of methoxy groups -OCH3 is 1. The SMILES string of the molecule is CCN(CC(=O)O)C1CC(NC(=O)N2CC(OCCCOC)C2)C1. The highest BCUT2D eigenvalue weighted by molar-refractivity contribution is 5.75. The molecule has 1 saturated carbocycles. The van der Waals surface area contributed by atoms with Gasteiger partial charge >= 0.3 is 12.0 Å². The van der Waals surface area contributed by atoms with E-state index in [-0.39, 0.29) is 30.8 Å². The fourth-order valence-corrected chi connectivity index (χ4v) is 3.11. The number of carbonyl (C=O) groups excluding carboxylic acids is 1. The summed E-state index contributed by atoms with van der Waals surface area (Å²) in [5, 5.41) is 11.9. The van der Waals surface area contributed by atoms with Crippen LogP contribution in [0.5, 0.6) is 0 Å². The van der Waals surface area contributed by atoms with E-state index in [0.29, 0.717) is 32.8 Å². The first-order valence-electron chi connectivity index (χ1n) is 8.65. The number of ether oxygens (including phenoxy) is 2. The number of aliphatic carboxylic acids is 1. The summed E-state index contributed by atoms with van der Waals surface area (Å²) < 4.78 is 10.6. The van der Waals surface area contributed by atoms with E-state index in [0.717, 1.165) is 19.3 Å². The summed E-state index contributed by atoms with van der Waals surface area (Å²) >= 11 is 0. The minimum Gasteiger partial charge on any atom is -0.480 e. The van der Waals surface area contributed by atoms with Crippen LogP contribution in [-0.2, 0) is 14.3 Å². The average Bonchev–Trinajstić information content (AvgIpc) is 2.46. The summed E-state index contributed by atoms with van der Waals surface area (Å²) in [7, 11) is 1.67. The molecule has 1 aliphatic carbocycles. The normalized spacial score (nSPS) is 23.7. The maximum atomic E-state index is 12.1. The quantitative estimate of drug-likeness (QED) is 0.557. The van der Waals surface area contributed by atoms with Crippen LogP contribution in [0.15, 0.2) is 0 Å². The zero-order valence-corrected chi connectivity index (χ0v) is 14.6. The van der Waals surface area contributed by atoms with Crippen LogP contribution in [0.25, 0.3) is 0 Å². The van der Waals surface area contributed by atoms with Crippen LogP contribution in [0, 0.1) is 0 Å². The van der Waals surface area contributed by atoms with Crippen LogP contribution in [0.1, 0.15) is 26.2 Å². The molecule has 2 fully saturated rings. The van der Waals surface area contributed by atoms with Gasteiger partial charge in [0.1, 0.15) is 0 Å². The lowest BCUT2D eigenvalue weighted by Gasteiger charge is -2.44. The first-order chi connectivity index (χ1) is 11.5. The number of carbonyl (C=O) groups is 2. The lowest BCUT2D eigenvalue weighted by Crippen LogP contribution is -2.62. The van der Waals surface area contributed by atoms with Gasteiger partial charge in [0.05, 0.1) is 25.7 Å². The summed E-state index contributed by atoms with van der Waals surface area (Å²) in [6, 6.07) is 0.355. The second-order valence-electron chi connectivity index (χ2n) is 6.47. The summed E-state index contributed by atoms with van der Waals surface area (Å²) in [6.45, 7) is 5.36. The number of carboxylic acids is 1. The van der Waals surface area contributed by atoms with Crippen LogP contribution < -0.4 is 5.32 Å². The molecule has 2 rings (SSSR count). The molecule has 24 heavy (non-hydrogen) atoms. The van der Waals surface area contributed by atoms with Gasteiger partial charge in [-0.1, -0.05) is 6.92 Å². The van der Waals surface area contributed by atoms with Crippen molar-refractivity contribution >= 4 is 12.0 Å². The molecule has 8 heteroatoms. The monoisotopic (exact) mass is 343 g/mol. The molecule has 2 aliphatic rings. The molecule has 0 radical (unpaired) electrons.